The average molecular weight is 232 g/mol. The van der Waals surface area contributed by atoms with Gasteiger partial charge in [0.1, 0.15) is 0 Å². The highest BCUT2D eigenvalue weighted by Gasteiger charge is 2.26. The van der Waals surface area contributed by atoms with Gasteiger partial charge in [0.2, 0.25) is 0 Å². The van der Waals surface area contributed by atoms with Gasteiger partial charge in [-0.1, -0.05) is 13.8 Å². The first-order valence-corrected chi connectivity index (χ1v) is 5.02. The summed E-state index contributed by atoms with van der Waals surface area (Å²) in [5.74, 6) is -5.06. The molecule has 0 rings (SSSR count). The highest BCUT2D eigenvalue weighted by atomic mass is 16.5. The van der Waals surface area contributed by atoms with E-state index < -0.39 is 23.8 Å². The Hall–Kier alpha value is -1.59. The molecule has 0 heterocycles. The van der Waals surface area contributed by atoms with Crippen LogP contribution >= 0.6 is 0 Å². The zero-order chi connectivity index (χ0) is 12.7. The summed E-state index contributed by atoms with van der Waals surface area (Å²) in [6.07, 6.45) is 0.410. The minimum Gasteiger partial charge on any atom is -0.481 e. The van der Waals surface area contributed by atoms with Gasteiger partial charge in [0, 0.05) is 6.42 Å². The Morgan fingerprint density at radius 2 is 1.69 bits per heavy atom. The van der Waals surface area contributed by atoms with Crippen molar-refractivity contribution in [2.24, 2.45) is 11.8 Å². The van der Waals surface area contributed by atoms with E-state index in [0.717, 1.165) is 0 Å². The third-order valence-electron chi connectivity index (χ3n) is 2.26. The van der Waals surface area contributed by atoms with Crippen LogP contribution in [0.5, 0.6) is 0 Å². The minimum atomic E-state index is -1.52. The Morgan fingerprint density at radius 3 is 2.06 bits per heavy atom. The molecule has 6 heteroatoms. The van der Waals surface area contributed by atoms with Gasteiger partial charge in [0.05, 0.1) is 12.5 Å². The Morgan fingerprint density at radius 1 is 1.19 bits per heavy atom. The standard InChI is InChI=1S/C10H16O6/c1-3-6(2)10(15)16-5-4-7(8(11)12)9(13)14/h6-7H,3-5H2,1-2H3,(H,11,12)(H,13,14). The van der Waals surface area contributed by atoms with E-state index in [-0.39, 0.29) is 18.9 Å². The van der Waals surface area contributed by atoms with E-state index in [1.165, 1.54) is 0 Å². The molecule has 0 aliphatic heterocycles. The zero-order valence-electron chi connectivity index (χ0n) is 9.30. The van der Waals surface area contributed by atoms with E-state index >= 15 is 0 Å². The molecule has 0 radical (unpaired) electrons. The van der Waals surface area contributed by atoms with Crippen molar-refractivity contribution in [3.8, 4) is 0 Å². The Labute approximate surface area is 93.2 Å². The van der Waals surface area contributed by atoms with Crippen molar-refractivity contribution in [1.82, 2.24) is 0 Å². The third kappa shape index (κ3) is 4.77. The van der Waals surface area contributed by atoms with Gasteiger partial charge in [-0.05, 0) is 6.42 Å². The predicted octanol–water partition coefficient (Wildman–Crippen LogP) is 0.751. The number of carbonyl (C=O) groups is 3. The van der Waals surface area contributed by atoms with Gasteiger partial charge >= 0.3 is 17.9 Å². The van der Waals surface area contributed by atoms with E-state index in [9.17, 15) is 14.4 Å². The van der Waals surface area contributed by atoms with E-state index in [1.54, 1.807) is 6.92 Å². The zero-order valence-corrected chi connectivity index (χ0v) is 9.30. The van der Waals surface area contributed by atoms with E-state index in [1.807, 2.05) is 6.92 Å². The maximum Gasteiger partial charge on any atom is 0.318 e. The molecule has 1 unspecified atom stereocenters. The molecule has 0 aromatic rings. The molecule has 0 aromatic carbocycles. The smallest absolute Gasteiger partial charge is 0.318 e. The minimum absolute atomic E-state index is 0.188. The van der Waals surface area contributed by atoms with Gasteiger partial charge in [0.25, 0.3) is 0 Å². The molecule has 2 N–H and O–H groups in total. The highest BCUT2D eigenvalue weighted by molar-refractivity contribution is 5.92. The number of carboxylic acids is 2. The average Bonchev–Trinajstić information content (AvgIpc) is 2.21. The van der Waals surface area contributed by atoms with Gasteiger partial charge in [-0.2, -0.15) is 0 Å². The molecule has 0 fully saturated rings. The second-order valence-corrected chi connectivity index (χ2v) is 3.49. The van der Waals surface area contributed by atoms with Crippen LogP contribution in [0, 0.1) is 11.8 Å². The number of hydrogen-bond acceptors (Lipinski definition) is 4. The molecular weight excluding hydrogens is 216 g/mol. The number of esters is 1. The van der Waals surface area contributed by atoms with Crippen LogP contribution in [-0.2, 0) is 19.1 Å². The second kappa shape index (κ2) is 6.81. The molecule has 16 heavy (non-hydrogen) atoms. The maximum absolute atomic E-state index is 11.2. The van der Waals surface area contributed by atoms with E-state index in [2.05, 4.69) is 0 Å². The summed E-state index contributed by atoms with van der Waals surface area (Å²) in [7, 11) is 0. The van der Waals surface area contributed by atoms with Crippen molar-refractivity contribution in [1.29, 1.82) is 0 Å². The molecule has 0 saturated carbocycles. The van der Waals surface area contributed by atoms with Gasteiger partial charge in [-0.25, -0.2) is 0 Å². The summed E-state index contributed by atoms with van der Waals surface area (Å²) >= 11 is 0. The van der Waals surface area contributed by atoms with Crippen LogP contribution in [0.3, 0.4) is 0 Å². The summed E-state index contributed by atoms with van der Waals surface area (Å²) in [4.78, 5) is 32.1. The normalized spacial score (nSPS) is 12.2. The van der Waals surface area contributed by atoms with Crippen molar-refractivity contribution >= 4 is 17.9 Å². The van der Waals surface area contributed by atoms with Gasteiger partial charge in [-0.3, -0.25) is 14.4 Å². The van der Waals surface area contributed by atoms with E-state index in [4.69, 9.17) is 14.9 Å². The lowest BCUT2D eigenvalue weighted by Crippen LogP contribution is -2.26. The predicted molar refractivity (Wildman–Crippen MR) is 53.8 cm³/mol. The van der Waals surface area contributed by atoms with Crippen LogP contribution in [0.2, 0.25) is 0 Å². The SMILES string of the molecule is CCC(C)C(=O)OCCC(C(=O)O)C(=O)O. The van der Waals surface area contributed by atoms with Crippen LogP contribution in [0.25, 0.3) is 0 Å². The van der Waals surface area contributed by atoms with Crippen molar-refractivity contribution in [2.45, 2.75) is 26.7 Å². The van der Waals surface area contributed by atoms with Crippen LogP contribution in [-0.4, -0.2) is 34.7 Å². The summed E-state index contributed by atoms with van der Waals surface area (Å²) in [5, 5.41) is 17.1. The Bertz CT molecular complexity index is 258. The summed E-state index contributed by atoms with van der Waals surface area (Å²) < 4.78 is 4.76. The molecule has 0 spiro atoms. The molecule has 92 valence electrons. The van der Waals surface area contributed by atoms with Gasteiger partial charge in [-0.15, -0.1) is 0 Å². The number of ether oxygens (including phenoxy) is 1. The quantitative estimate of drug-likeness (QED) is 0.496. The lowest BCUT2D eigenvalue weighted by Gasteiger charge is -2.10. The van der Waals surface area contributed by atoms with Crippen LogP contribution in [0.1, 0.15) is 26.7 Å². The molecule has 0 aliphatic carbocycles. The fraction of sp³-hybridized carbons (Fsp3) is 0.700. The molecular formula is C10H16O6. The van der Waals surface area contributed by atoms with Gasteiger partial charge in [0.15, 0.2) is 5.92 Å². The summed E-state index contributed by atoms with van der Waals surface area (Å²) in [5.41, 5.74) is 0. The molecule has 0 bridgehead atoms. The van der Waals surface area contributed by atoms with E-state index in [0.29, 0.717) is 6.42 Å². The third-order valence-corrected chi connectivity index (χ3v) is 2.26. The lowest BCUT2D eigenvalue weighted by atomic mass is 10.1. The Balaban J connectivity index is 4.01. The summed E-state index contributed by atoms with van der Waals surface area (Å²) in [6.45, 7) is 3.32. The van der Waals surface area contributed by atoms with Crippen molar-refractivity contribution in [3.05, 3.63) is 0 Å². The first-order valence-electron chi connectivity index (χ1n) is 5.02. The first-order chi connectivity index (χ1) is 7.40. The van der Waals surface area contributed by atoms with Crippen LogP contribution in [0.4, 0.5) is 0 Å². The monoisotopic (exact) mass is 232 g/mol. The molecule has 0 aromatic heterocycles. The lowest BCUT2D eigenvalue weighted by molar-refractivity contribution is -0.158. The fourth-order valence-electron chi connectivity index (χ4n) is 0.939. The molecule has 0 aliphatic rings. The highest BCUT2D eigenvalue weighted by Crippen LogP contribution is 2.07. The van der Waals surface area contributed by atoms with Gasteiger partial charge < -0.3 is 14.9 Å². The molecule has 0 saturated heterocycles. The number of rotatable bonds is 7. The van der Waals surface area contributed by atoms with Crippen LogP contribution in [0.15, 0.2) is 0 Å². The van der Waals surface area contributed by atoms with Crippen molar-refractivity contribution < 1.29 is 29.3 Å². The van der Waals surface area contributed by atoms with Crippen LogP contribution < -0.4 is 0 Å². The second-order valence-electron chi connectivity index (χ2n) is 3.49. The Kier molecular flexibility index (Phi) is 6.14. The number of aliphatic carboxylic acids is 2. The largest absolute Gasteiger partial charge is 0.481 e. The van der Waals surface area contributed by atoms with Crippen molar-refractivity contribution in [3.63, 3.8) is 0 Å². The first kappa shape index (κ1) is 14.4. The topological polar surface area (TPSA) is 101 Å². The molecule has 1 atom stereocenters. The fourth-order valence-corrected chi connectivity index (χ4v) is 0.939. The summed E-state index contributed by atoms with van der Waals surface area (Å²) in [6, 6.07) is 0. The number of carboxylic acid groups (broad SMARTS) is 2. The molecule has 6 nitrogen and oxygen atoms in total. The maximum atomic E-state index is 11.2. The van der Waals surface area contributed by atoms with Crippen molar-refractivity contribution in [2.75, 3.05) is 6.61 Å². The number of carbonyl (C=O) groups excluding carboxylic acids is 1. The molecule has 0 amide bonds. The number of hydrogen-bond donors (Lipinski definition) is 2.